The standard InChI is InChI=1S/C16H26N2O/c1-12(2)14-6-5-13(3)15(16(14)19-4)11-18-9-7-17-8-10-18/h5-6,12,17H,7-11H2,1-4H3. The first-order chi connectivity index (χ1) is 9.13. The van der Waals surface area contributed by atoms with Crippen LogP contribution in [0.15, 0.2) is 12.1 Å². The molecule has 3 nitrogen and oxygen atoms in total. The highest BCUT2D eigenvalue weighted by Gasteiger charge is 2.18. The summed E-state index contributed by atoms with van der Waals surface area (Å²) in [5, 5.41) is 3.40. The van der Waals surface area contributed by atoms with E-state index in [0.717, 1.165) is 38.5 Å². The molecule has 106 valence electrons. The Balaban J connectivity index is 2.28. The maximum Gasteiger partial charge on any atom is 0.127 e. The van der Waals surface area contributed by atoms with E-state index in [1.54, 1.807) is 7.11 Å². The van der Waals surface area contributed by atoms with Crippen molar-refractivity contribution in [2.75, 3.05) is 33.3 Å². The minimum atomic E-state index is 0.498. The van der Waals surface area contributed by atoms with Crippen molar-refractivity contribution in [1.82, 2.24) is 10.2 Å². The molecular formula is C16H26N2O. The average molecular weight is 262 g/mol. The van der Waals surface area contributed by atoms with E-state index in [1.807, 2.05) is 0 Å². The molecule has 0 aliphatic carbocycles. The lowest BCUT2D eigenvalue weighted by Gasteiger charge is -2.29. The Morgan fingerprint density at radius 3 is 2.53 bits per heavy atom. The highest BCUT2D eigenvalue weighted by Crippen LogP contribution is 2.33. The molecular weight excluding hydrogens is 236 g/mol. The van der Waals surface area contributed by atoms with Gasteiger partial charge in [-0.3, -0.25) is 4.90 Å². The second-order valence-electron chi connectivity index (χ2n) is 5.66. The summed E-state index contributed by atoms with van der Waals surface area (Å²) in [6, 6.07) is 4.44. The minimum absolute atomic E-state index is 0.498. The summed E-state index contributed by atoms with van der Waals surface area (Å²) < 4.78 is 5.72. The molecule has 1 aromatic rings. The van der Waals surface area contributed by atoms with Crippen LogP contribution in [0.5, 0.6) is 5.75 Å². The van der Waals surface area contributed by atoms with Crippen molar-refractivity contribution < 1.29 is 4.74 Å². The largest absolute Gasteiger partial charge is 0.496 e. The van der Waals surface area contributed by atoms with Gasteiger partial charge in [0.2, 0.25) is 0 Å². The Labute approximate surface area is 116 Å². The number of hydrogen-bond donors (Lipinski definition) is 1. The number of ether oxygens (including phenoxy) is 1. The molecule has 1 N–H and O–H groups in total. The van der Waals surface area contributed by atoms with Crippen LogP contribution in [-0.4, -0.2) is 38.2 Å². The number of nitrogens with one attached hydrogen (secondary N) is 1. The molecule has 0 radical (unpaired) electrons. The van der Waals surface area contributed by atoms with Gasteiger partial charge < -0.3 is 10.1 Å². The van der Waals surface area contributed by atoms with Crippen molar-refractivity contribution in [1.29, 1.82) is 0 Å². The fourth-order valence-electron chi connectivity index (χ4n) is 2.73. The van der Waals surface area contributed by atoms with Crippen LogP contribution in [0.25, 0.3) is 0 Å². The monoisotopic (exact) mass is 262 g/mol. The summed E-state index contributed by atoms with van der Waals surface area (Å²) in [6.07, 6.45) is 0. The average Bonchev–Trinajstić information content (AvgIpc) is 2.41. The van der Waals surface area contributed by atoms with E-state index in [9.17, 15) is 0 Å². The topological polar surface area (TPSA) is 24.5 Å². The zero-order valence-electron chi connectivity index (χ0n) is 12.6. The van der Waals surface area contributed by atoms with Gasteiger partial charge in [-0.15, -0.1) is 0 Å². The molecule has 1 fully saturated rings. The van der Waals surface area contributed by atoms with Gasteiger partial charge in [0, 0.05) is 38.3 Å². The molecule has 1 aliphatic heterocycles. The first-order valence-corrected chi connectivity index (χ1v) is 7.23. The maximum absolute atomic E-state index is 5.72. The van der Waals surface area contributed by atoms with Crippen LogP contribution < -0.4 is 10.1 Å². The summed E-state index contributed by atoms with van der Waals surface area (Å²) in [4.78, 5) is 2.51. The molecule has 0 aromatic heterocycles. The molecule has 0 atom stereocenters. The van der Waals surface area contributed by atoms with Crippen molar-refractivity contribution in [2.45, 2.75) is 33.2 Å². The molecule has 0 saturated carbocycles. The lowest BCUT2D eigenvalue weighted by molar-refractivity contribution is 0.229. The lowest BCUT2D eigenvalue weighted by atomic mass is 9.95. The van der Waals surface area contributed by atoms with Gasteiger partial charge >= 0.3 is 0 Å². The minimum Gasteiger partial charge on any atom is -0.496 e. The molecule has 1 aromatic carbocycles. The number of methoxy groups -OCH3 is 1. The van der Waals surface area contributed by atoms with E-state index < -0.39 is 0 Å². The fraction of sp³-hybridized carbons (Fsp3) is 0.625. The SMILES string of the molecule is COc1c(C(C)C)ccc(C)c1CN1CCNCC1. The van der Waals surface area contributed by atoms with E-state index in [1.165, 1.54) is 16.7 Å². The van der Waals surface area contributed by atoms with E-state index in [2.05, 4.69) is 43.1 Å². The van der Waals surface area contributed by atoms with Crippen LogP contribution in [0, 0.1) is 6.92 Å². The Kier molecular flexibility index (Phi) is 4.83. The van der Waals surface area contributed by atoms with Gasteiger partial charge in [-0.1, -0.05) is 26.0 Å². The van der Waals surface area contributed by atoms with Crippen LogP contribution in [-0.2, 0) is 6.54 Å². The van der Waals surface area contributed by atoms with E-state index in [-0.39, 0.29) is 0 Å². The lowest BCUT2D eigenvalue weighted by Crippen LogP contribution is -2.43. The summed E-state index contributed by atoms with van der Waals surface area (Å²) >= 11 is 0. The van der Waals surface area contributed by atoms with Crippen LogP contribution in [0.1, 0.15) is 36.5 Å². The Bertz CT molecular complexity index is 423. The Morgan fingerprint density at radius 1 is 1.26 bits per heavy atom. The van der Waals surface area contributed by atoms with Crippen LogP contribution in [0.3, 0.4) is 0 Å². The quantitative estimate of drug-likeness (QED) is 0.902. The predicted molar refractivity (Wildman–Crippen MR) is 80.0 cm³/mol. The van der Waals surface area contributed by atoms with Gasteiger partial charge in [-0.05, 0) is 24.0 Å². The van der Waals surface area contributed by atoms with E-state index in [0.29, 0.717) is 5.92 Å². The van der Waals surface area contributed by atoms with Crippen LogP contribution >= 0.6 is 0 Å². The zero-order chi connectivity index (χ0) is 13.8. The predicted octanol–water partition coefficient (Wildman–Crippen LogP) is 2.53. The first-order valence-electron chi connectivity index (χ1n) is 7.23. The fourth-order valence-corrected chi connectivity index (χ4v) is 2.73. The summed E-state index contributed by atoms with van der Waals surface area (Å²) in [5.41, 5.74) is 4.01. The molecule has 19 heavy (non-hydrogen) atoms. The van der Waals surface area contributed by atoms with Crippen molar-refractivity contribution in [2.24, 2.45) is 0 Å². The molecule has 3 heteroatoms. The normalized spacial score (nSPS) is 16.9. The molecule has 0 amide bonds. The third-order valence-electron chi connectivity index (χ3n) is 3.94. The zero-order valence-corrected chi connectivity index (χ0v) is 12.6. The smallest absolute Gasteiger partial charge is 0.127 e. The summed E-state index contributed by atoms with van der Waals surface area (Å²) in [5.74, 6) is 1.59. The summed E-state index contributed by atoms with van der Waals surface area (Å²) in [7, 11) is 1.79. The molecule has 1 aliphatic rings. The van der Waals surface area contributed by atoms with Gasteiger partial charge in [-0.25, -0.2) is 0 Å². The highest BCUT2D eigenvalue weighted by atomic mass is 16.5. The Morgan fingerprint density at radius 2 is 1.95 bits per heavy atom. The number of rotatable bonds is 4. The number of hydrogen-bond acceptors (Lipinski definition) is 3. The van der Waals surface area contributed by atoms with Crippen molar-refractivity contribution in [3.8, 4) is 5.75 Å². The number of aryl methyl sites for hydroxylation is 1. The number of piperazine rings is 1. The maximum atomic E-state index is 5.72. The van der Waals surface area contributed by atoms with Gasteiger partial charge in [0.25, 0.3) is 0 Å². The Hall–Kier alpha value is -1.06. The summed E-state index contributed by atoms with van der Waals surface area (Å²) in [6.45, 7) is 12.0. The van der Waals surface area contributed by atoms with Crippen LogP contribution in [0.4, 0.5) is 0 Å². The molecule has 0 spiro atoms. The van der Waals surface area contributed by atoms with Gasteiger partial charge in [0.05, 0.1) is 7.11 Å². The van der Waals surface area contributed by atoms with Crippen LogP contribution in [0.2, 0.25) is 0 Å². The molecule has 0 unspecified atom stereocenters. The number of nitrogens with zero attached hydrogens (tertiary/aromatic N) is 1. The van der Waals surface area contributed by atoms with Crippen molar-refractivity contribution in [3.05, 3.63) is 28.8 Å². The van der Waals surface area contributed by atoms with Crippen molar-refractivity contribution >= 4 is 0 Å². The highest BCUT2D eigenvalue weighted by molar-refractivity contribution is 5.47. The van der Waals surface area contributed by atoms with Gasteiger partial charge in [0.1, 0.15) is 5.75 Å². The molecule has 2 rings (SSSR count). The molecule has 1 heterocycles. The first kappa shape index (κ1) is 14.4. The second-order valence-corrected chi connectivity index (χ2v) is 5.66. The van der Waals surface area contributed by atoms with E-state index in [4.69, 9.17) is 4.74 Å². The van der Waals surface area contributed by atoms with Gasteiger partial charge in [0.15, 0.2) is 0 Å². The van der Waals surface area contributed by atoms with Crippen molar-refractivity contribution in [3.63, 3.8) is 0 Å². The second kappa shape index (κ2) is 6.40. The molecule has 0 bridgehead atoms. The number of benzene rings is 1. The van der Waals surface area contributed by atoms with E-state index >= 15 is 0 Å². The van der Waals surface area contributed by atoms with Gasteiger partial charge in [-0.2, -0.15) is 0 Å². The third kappa shape index (κ3) is 3.28. The third-order valence-corrected chi connectivity index (χ3v) is 3.94. The molecule has 1 saturated heterocycles.